The molecule has 0 aliphatic carbocycles. The number of benzene rings is 2. The molecule has 4 nitrogen and oxygen atoms in total. The highest BCUT2D eigenvalue weighted by molar-refractivity contribution is 5.51. The average Bonchev–Trinajstić information content (AvgIpc) is 2.53. The lowest BCUT2D eigenvalue weighted by atomic mass is 10.1. The minimum atomic E-state index is 0.0671. The molecule has 2 aromatic carbocycles. The Balaban J connectivity index is 1.71. The predicted molar refractivity (Wildman–Crippen MR) is 77.1 cm³/mol. The molecule has 0 saturated carbocycles. The highest BCUT2D eigenvalue weighted by Gasteiger charge is 2.14. The summed E-state index contributed by atoms with van der Waals surface area (Å²) in [6, 6.07) is 13.7. The van der Waals surface area contributed by atoms with Crippen molar-refractivity contribution in [3.8, 4) is 11.5 Å². The molecule has 0 bridgehead atoms. The fourth-order valence-corrected chi connectivity index (χ4v) is 2.20. The largest absolute Gasteiger partial charge is 0.486 e. The smallest absolute Gasteiger partial charge is 0.166 e. The molecule has 3 rings (SSSR count). The maximum Gasteiger partial charge on any atom is 0.166 e. The molecule has 4 heteroatoms. The molecule has 104 valence electrons. The fourth-order valence-electron chi connectivity index (χ4n) is 2.20. The zero-order valence-electron chi connectivity index (χ0n) is 11.1. The first-order chi connectivity index (χ1) is 9.86. The Bertz CT molecular complexity index is 581. The van der Waals surface area contributed by atoms with E-state index in [9.17, 15) is 0 Å². The molecule has 0 atom stereocenters. The van der Waals surface area contributed by atoms with E-state index in [1.807, 2.05) is 42.5 Å². The van der Waals surface area contributed by atoms with Crippen LogP contribution in [0.25, 0.3) is 0 Å². The number of aliphatic hydroxyl groups is 1. The van der Waals surface area contributed by atoms with Gasteiger partial charge in [-0.2, -0.15) is 0 Å². The topological polar surface area (TPSA) is 50.7 Å². The van der Waals surface area contributed by atoms with Gasteiger partial charge < -0.3 is 19.9 Å². The Morgan fingerprint density at radius 2 is 1.80 bits per heavy atom. The zero-order valence-corrected chi connectivity index (χ0v) is 11.1. The van der Waals surface area contributed by atoms with E-state index < -0.39 is 0 Å². The first-order valence-corrected chi connectivity index (χ1v) is 6.68. The van der Waals surface area contributed by atoms with E-state index in [2.05, 4.69) is 5.32 Å². The molecular weight excluding hydrogens is 254 g/mol. The summed E-state index contributed by atoms with van der Waals surface area (Å²) in [4.78, 5) is 0. The normalized spacial score (nSPS) is 13.1. The molecule has 20 heavy (non-hydrogen) atoms. The monoisotopic (exact) mass is 271 g/mol. The summed E-state index contributed by atoms with van der Waals surface area (Å²) < 4.78 is 11.2. The molecule has 0 unspecified atom stereocenters. The van der Waals surface area contributed by atoms with Crippen molar-refractivity contribution in [1.29, 1.82) is 0 Å². The van der Waals surface area contributed by atoms with Gasteiger partial charge in [-0.15, -0.1) is 0 Å². The Morgan fingerprint density at radius 3 is 2.60 bits per heavy atom. The molecule has 0 fully saturated rings. The summed E-state index contributed by atoms with van der Waals surface area (Å²) in [5, 5.41) is 12.4. The SMILES string of the molecule is OCc1ccc(NCc2cccc3c2OCCO3)cc1. The van der Waals surface area contributed by atoms with Crippen LogP contribution in [-0.2, 0) is 13.2 Å². The number of ether oxygens (including phenoxy) is 2. The third kappa shape index (κ3) is 2.70. The molecular formula is C16H17NO3. The van der Waals surface area contributed by atoms with Gasteiger partial charge in [0, 0.05) is 17.8 Å². The zero-order chi connectivity index (χ0) is 13.8. The molecule has 0 amide bonds. The highest BCUT2D eigenvalue weighted by atomic mass is 16.6. The van der Waals surface area contributed by atoms with Crippen molar-refractivity contribution in [2.45, 2.75) is 13.2 Å². The van der Waals surface area contributed by atoms with E-state index in [0.717, 1.165) is 28.3 Å². The quantitative estimate of drug-likeness (QED) is 0.897. The van der Waals surface area contributed by atoms with Crippen molar-refractivity contribution in [2.75, 3.05) is 18.5 Å². The van der Waals surface area contributed by atoms with Crippen LogP contribution < -0.4 is 14.8 Å². The molecule has 0 saturated heterocycles. The van der Waals surface area contributed by atoms with E-state index in [4.69, 9.17) is 14.6 Å². The second kappa shape index (κ2) is 5.84. The standard InChI is InChI=1S/C16H17NO3/c18-11-12-4-6-14(7-5-12)17-10-13-2-1-3-15-16(13)20-9-8-19-15/h1-7,17-18H,8-11H2. The first-order valence-electron chi connectivity index (χ1n) is 6.68. The summed E-state index contributed by atoms with van der Waals surface area (Å²) in [6.07, 6.45) is 0. The first kappa shape index (κ1) is 12.8. The van der Waals surface area contributed by atoms with E-state index in [1.165, 1.54) is 0 Å². The fraction of sp³-hybridized carbons (Fsp3) is 0.250. The van der Waals surface area contributed by atoms with E-state index in [0.29, 0.717) is 19.8 Å². The average molecular weight is 271 g/mol. The summed E-state index contributed by atoms with van der Waals surface area (Å²) in [7, 11) is 0. The van der Waals surface area contributed by atoms with Gasteiger partial charge >= 0.3 is 0 Å². The highest BCUT2D eigenvalue weighted by Crippen LogP contribution is 2.33. The molecule has 1 heterocycles. The third-order valence-electron chi connectivity index (χ3n) is 3.27. The minimum absolute atomic E-state index is 0.0671. The Kier molecular flexibility index (Phi) is 3.74. The van der Waals surface area contributed by atoms with Crippen LogP contribution in [0, 0.1) is 0 Å². The second-order valence-corrected chi connectivity index (χ2v) is 4.65. The summed E-state index contributed by atoms with van der Waals surface area (Å²) in [6.45, 7) is 1.93. The Hall–Kier alpha value is -2.20. The number of anilines is 1. The predicted octanol–water partition coefficient (Wildman–Crippen LogP) is 2.56. The number of rotatable bonds is 4. The van der Waals surface area contributed by atoms with Crippen LogP contribution in [0.15, 0.2) is 42.5 Å². The Morgan fingerprint density at radius 1 is 1.00 bits per heavy atom. The number of aliphatic hydroxyl groups excluding tert-OH is 1. The van der Waals surface area contributed by atoms with E-state index in [-0.39, 0.29) is 6.61 Å². The molecule has 2 N–H and O–H groups in total. The van der Waals surface area contributed by atoms with Crippen LogP contribution in [0.4, 0.5) is 5.69 Å². The van der Waals surface area contributed by atoms with Crippen molar-refractivity contribution in [1.82, 2.24) is 0 Å². The van der Waals surface area contributed by atoms with Gasteiger partial charge in [-0.05, 0) is 23.8 Å². The lowest BCUT2D eigenvalue weighted by Gasteiger charge is -2.21. The van der Waals surface area contributed by atoms with Crippen LogP contribution in [0.2, 0.25) is 0 Å². The van der Waals surface area contributed by atoms with Gasteiger partial charge in [0.2, 0.25) is 0 Å². The number of hydrogen-bond donors (Lipinski definition) is 2. The molecule has 0 spiro atoms. The van der Waals surface area contributed by atoms with Gasteiger partial charge in [-0.1, -0.05) is 24.3 Å². The van der Waals surface area contributed by atoms with E-state index >= 15 is 0 Å². The van der Waals surface area contributed by atoms with Gasteiger partial charge in [0.25, 0.3) is 0 Å². The number of fused-ring (bicyclic) bond motifs is 1. The van der Waals surface area contributed by atoms with Crippen LogP contribution in [-0.4, -0.2) is 18.3 Å². The number of para-hydroxylation sites is 1. The van der Waals surface area contributed by atoms with Crippen molar-refractivity contribution in [2.24, 2.45) is 0 Å². The van der Waals surface area contributed by atoms with E-state index in [1.54, 1.807) is 0 Å². The maximum absolute atomic E-state index is 9.02. The van der Waals surface area contributed by atoms with Crippen molar-refractivity contribution in [3.63, 3.8) is 0 Å². The molecule has 1 aliphatic heterocycles. The van der Waals surface area contributed by atoms with Crippen LogP contribution >= 0.6 is 0 Å². The lowest BCUT2D eigenvalue weighted by molar-refractivity contribution is 0.170. The molecule has 0 radical (unpaired) electrons. The van der Waals surface area contributed by atoms with Crippen LogP contribution in [0.5, 0.6) is 11.5 Å². The minimum Gasteiger partial charge on any atom is -0.486 e. The molecule has 1 aliphatic rings. The molecule has 0 aromatic heterocycles. The summed E-state index contributed by atoms with van der Waals surface area (Å²) in [5.74, 6) is 1.64. The third-order valence-corrected chi connectivity index (χ3v) is 3.27. The van der Waals surface area contributed by atoms with Crippen LogP contribution in [0.1, 0.15) is 11.1 Å². The second-order valence-electron chi connectivity index (χ2n) is 4.65. The lowest BCUT2D eigenvalue weighted by Crippen LogP contribution is -2.17. The molecule has 2 aromatic rings. The van der Waals surface area contributed by atoms with Crippen molar-refractivity contribution >= 4 is 5.69 Å². The van der Waals surface area contributed by atoms with Crippen LogP contribution in [0.3, 0.4) is 0 Å². The van der Waals surface area contributed by atoms with Gasteiger partial charge in [0.1, 0.15) is 13.2 Å². The summed E-state index contributed by atoms with van der Waals surface area (Å²) >= 11 is 0. The van der Waals surface area contributed by atoms with Gasteiger partial charge in [-0.3, -0.25) is 0 Å². The number of nitrogens with one attached hydrogen (secondary N) is 1. The van der Waals surface area contributed by atoms with Crippen molar-refractivity contribution < 1.29 is 14.6 Å². The van der Waals surface area contributed by atoms with Gasteiger partial charge in [-0.25, -0.2) is 0 Å². The summed E-state index contributed by atoms with van der Waals surface area (Å²) in [5.41, 5.74) is 2.99. The van der Waals surface area contributed by atoms with Gasteiger partial charge in [0.05, 0.1) is 6.61 Å². The van der Waals surface area contributed by atoms with Crippen molar-refractivity contribution in [3.05, 3.63) is 53.6 Å². The maximum atomic E-state index is 9.02. The number of hydrogen-bond acceptors (Lipinski definition) is 4. The van der Waals surface area contributed by atoms with Gasteiger partial charge in [0.15, 0.2) is 11.5 Å². The Labute approximate surface area is 118 Å².